The monoisotopic (exact) mass is 523 g/mol. The maximum atomic E-state index is 13.6. The van der Waals surface area contributed by atoms with Gasteiger partial charge in [0, 0.05) is 38.1 Å². The Morgan fingerprint density at radius 1 is 0.972 bits per heavy atom. The van der Waals surface area contributed by atoms with Crippen molar-refractivity contribution in [2.45, 2.75) is 84.2 Å². The molecule has 9 heteroatoms. The molecule has 202 valence electrons. The Morgan fingerprint density at radius 3 is 2.19 bits per heavy atom. The lowest BCUT2D eigenvalue weighted by Crippen LogP contribution is -2.52. The highest BCUT2D eigenvalue weighted by atomic mass is 32.2. The van der Waals surface area contributed by atoms with Crippen LogP contribution in [-0.4, -0.2) is 72.3 Å². The molecular formula is C27H42FN3O4S. The maximum absolute atomic E-state index is 13.6. The molecule has 36 heavy (non-hydrogen) atoms. The summed E-state index contributed by atoms with van der Waals surface area (Å²) in [5, 5.41) is 0. The Kier molecular flexibility index (Phi) is 10.7. The predicted octanol–water partition coefficient (Wildman–Crippen LogP) is 4.18. The first-order valence-corrected chi connectivity index (χ1v) is 15.2. The van der Waals surface area contributed by atoms with E-state index in [2.05, 4.69) is 0 Å². The number of carbonyl (C=O) groups is 2. The van der Waals surface area contributed by atoms with Crippen molar-refractivity contribution in [3.05, 3.63) is 35.6 Å². The Labute approximate surface area is 216 Å². The predicted molar refractivity (Wildman–Crippen MR) is 139 cm³/mol. The third kappa shape index (κ3) is 7.75. The molecule has 0 unspecified atom stereocenters. The van der Waals surface area contributed by atoms with Gasteiger partial charge in [-0.2, -0.15) is 4.31 Å². The molecule has 2 fully saturated rings. The van der Waals surface area contributed by atoms with Gasteiger partial charge in [-0.15, -0.1) is 0 Å². The third-order valence-corrected chi connectivity index (χ3v) is 9.42. The van der Waals surface area contributed by atoms with Crippen LogP contribution in [0, 0.1) is 11.7 Å². The quantitative estimate of drug-likeness (QED) is 0.436. The van der Waals surface area contributed by atoms with E-state index in [0.29, 0.717) is 45.3 Å². The standard InChI is InChI=1S/C27H42FN3O4S/c1-3-16-30(36(34,35)19-4-2)21-26(32)31(20-22-10-12-24(28)13-11-22)25-14-17-29(18-15-25)27(33)23-8-6-5-7-9-23/h10-13,23,25H,3-9,14-21H2,1-2H3. The summed E-state index contributed by atoms with van der Waals surface area (Å²) >= 11 is 0. The van der Waals surface area contributed by atoms with Gasteiger partial charge in [0.15, 0.2) is 0 Å². The van der Waals surface area contributed by atoms with Crippen LogP contribution in [0.3, 0.4) is 0 Å². The Hall–Kier alpha value is -2.00. The lowest BCUT2D eigenvalue weighted by Gasteiger charge is -2.40. The fraction of sp³-hybridized carbons (Fsp3) is 0.704. The van der Waals surface area contributed by atoms with Crippen LogP contribution in [0.1, 0.15) is 77.2 Å². The zero-order valence-corrected chi connectivity index (χ0v) is 22.6. The molecule has 2 aliphatic rings. The van der Waals surface area contributed by atoms with E-state index in [1.165, 1.54) is 22.9 Å². The average molecular weight is 524 g/mol. The number of rotatable bonds is 11. The largest absolute Gasteiger partial charge is 0.342 e. The van der Waals surface area contributed by atoms with Gasteiger partial charge in [0.2, 0.25) is 21.8 Å². The molecule has 0 N–H and O–H groups in total. The molecule has 0 radical (unpaired) electrons. The van der Waals surface area contributed by atoms with Gasteiger partial charge in [-0.3, -0.25) is 9.59 Å². The molecule has 1 aromatic rings. The lowest BCUT2D eigenvalue weighted by molar-refractivity contribution is -0.140. The molecule has 0 spiro atoms. The third-order valence-electron chi connectivity index (χ3n) is 7.40. The molecule has 3 rings (SSSR count). The van der Waals surface area contributed by atoms with Crippen molar-refractivity contribution >= 4 is 21.8 Å². The van der Waals surface area contributed by atoms with E-state index in [9.17, 15) is 22.4 Å². The topological polar surface area (TPSA) is 78.0 Å². The number of hydrogen-bond donors (Lipinski definition) is 0. The second-order valence-corrected chi connectivity index (χ2v) is 12.3. The molecule has 7 nitrogen and oxygen atoms in total. The summed E-state index contributed by atoms with van der Waals surface area (Å²) < 4.78 is 40.4. The van der Waals surface area contributed by atoms with Gasteiger partial charge in [0.25, 0.3) is 0 Å². The van der Waals surface area contributed by atoms with E-state index in [-0.39, 0.29) is 48.4 Å². The minimum Gasteiger partial charge on any atom is -0.342 e. The van der Waals surface area contributed by atoms with Crippen molar-refractivity contribution < 1.29 is 22.4 Å². The fourth-order valence-electron chi connectivity index (χ4n) is 5.41. The van der Waals surface area contributed by atoms with Gasteiger partial charge in [-0.1, -0.05) is 45.2 Å². The highest BCUT2D eigenvalue weighted by molar-refractivity contribution is 7.89. The number of likely N-dealkylation sites (tertiary alicyclic amines) is 1. The smallest absolute Gasteiger partial charge is 0.238 e. The first-order valence-electron chi connectivity index (χ1n) is 13.6. The molecule has 1 saturated heterocycles. The molecular weight excluding hydrogens is 481 g/mol. The van der Waals surface area contributed by atoms with E-state index >= 15 is 0 Å². The van der Waals surface area contributed by atoms with Crippen molar-refractivity contribution in [1.29, 1.82) is 0 Å². The van der Waals surface area contributed by atoms with Crippen molar-refractivity contribution in [3.8, 4) is 0 Å². The number of hydrogen-bond acceptors (Lipinski definition) is 4. The Balaban J connectivity index is 1.73. The van der Waals surface area contributed by atoms with Gasteiger partial charge < -0.3 is 9.80 Å². The Bertz CT molecular complexity index is 956. The fourth-order valence-corrected chi connectivity index (χ4v) is 6.95. The first kappa shape index (κ1) is 28.6. The van der Waals surface area contributed by atoms with Crippen LogP contribution in [0.25, 0.3) is 0 Å². The second kappa shape index (κ2) is 13.5. The molecule has 1 aromatic carbocycles. The molecule has 0 bridgehead atoms. The summed E-state index contributed by atoms with van der Waals surface area (Å²) in [7, 11) is -3.52. The van der Waals surface area contributed by atoms with E-state index < -0.39 is 10.0 Å². The maximum Gasteiger partial charge on any atom is 0.238 e. The Morgan fingerprint density at radius 2 is 1.61 bits per heavy atom. The summed E-state index contributed by atoms with van der Waals surface area (Å²) in [5.41, 5.74) is 0.795. The minimum atomic E-state index is -3.52. The van der Waals surface area contributed by atoms with Gasteiger partial charge in [0.1, 0.15) is 5.82 Å². The number of halogens is 1. The van der Waals surface area contributed by atoms with E-state index in [0.717, 1.165) is 31.2 Å². The molecule has 0 atom stereocenters. The van der Waals surface area contributed by atoms with Crippen LogP contribution < -0.4 is 0 Å². The van der Waals surface area contributed by atoms with Gasteiger partial charge >= 0.3 is 0 Å². The van der Waals surface area contributed by atoms with Gasteiger partial charge in [-0.25, -0.2) is 12.8 Å². The molecule has 1 aliphatic heterocycles. The molecule has 1 heterocycles. The van der Waals surface area contributed by atoms with Crippen LogP contribution in [0.15, 0.2) is 24.3 Å². The van der Waals surface area contributed by atoms with Crippen LogP contribution in [-0.2, 0) is 26.2 Å². The average Bonchev–Trinajstić information content (AvgIpc) is 2.88. The van der Waals surface area contributed by atoms with Crippen molar-refractivity contribution in [1.82, 2.24) is 14.1 Å². The number of benzene rings is 1. The number of amides is 2. The second-order valence-electron chi connectivity index (χ2n) is 10.2. The zero-order chi connectivity index (χ0) is 26.1. The zero-order valence-electron chi connectivity index (χ0n) is 21.8. The van der Waals surface area contributed by atoms with Crippen molar-refractivity contribution in [2.24, 2.45) is 5.92 Å². The first-order chi connectivity index (χ1) is 17.2. The van der Waals surface area contributed by atoms with Gasteiger partial charge in [-0.05, 0) is 56.2 Å². The number of sulfonamides is 1. The van der Waals surface area contributed by atoms with E-state index in [1.54, 1.807) is 17.0 Å². The summed E-state index contributed by atoms with van der Waals surface area (Å²) in [6, 6.07) is 5.97. The molecule has 1 aliphatic carbocycles. The van der Waals surface area contributed by atoms with Gasteiger partial charge in [0.05, 0.1) is 12.3 Å². The van der Waals surface area contributed by atoms with Crippen LogP contribution in [0.5, 0.6) is 0 Å². The van der Waals surface area contributed by atoms with Crippen LogP contribution >= 0.6 is 0 Å². The highest BCUT2D eigenvalue weighted by Crippen LogP contribution is 2.28. The van der Waals surface area contributed by atoms with E-state index in [4.69, 9.17) is 0 Å². The number of piperidine rings is 1. The van der Waals surface area contributed by atoms with E-state index in [1.807, 2.05) is 18.7 Å². The van der Waals surface area contributed by atoms with Crippen molar-refractivity contribution in [3.63, 3.8) is 0 Å². The highest BCUT2D eigenvalue weighted by Gasteiger charge is 2.34. The summed E-state index contributed by atoms with van der Waals surface area (Å²) in [4.78, 5) is 30.3. The molecule has 0 aromatic heterocycles. The minimum absolute atomic E-state index is 0.0138. The summed E-state index contributed by atoms with van der Waals surface area (Å²) in [6.07, 6.45) is 7.78. The molecule has 2 amide bonds. The lowest BCUT2D eigenvalue weighted by atomic mass is 9.87. The normalized spacial score (nSPS) is 17.9. The van der Waals surface area contributed by atoms with Crippen molar-refractivity contribution in [2.75, 3.05) is 31.9 Å². The summed E-state index contributed by atoms with van der Waals surface area (Å²) in [6.45, 7) is 5.29. The summed E-state index contributed by atoms with van der Waals surface area (Å²) in [5.74, 6) is -0.210. The number of nitrogens with zero attached hydrogens (tertiary/aromatic N) is 3. The SMILES string of the molecule is CCCN(CC(=O)N(Cc1ccc(F)cc1)C1CCN(C(=O)C2CCCCC2)CC1)S(=O)(=O)CCC. The number of carbonyl (C=O) groups excluding carboxylic acids is 2. The molecule has 1 saturated carbocycles. The van der Waals surface area contributed by atoms with Crippen LogP contribution in [0.2, 0.25) is 0 Å². The van der Waals surface area contributed by atoms with Crippen LogP contribution in [0.4, 0.5) is 4.39 Å².